The summed E-state index contributed by atoms with van der Waals surface area (Å²) in [5, 5.41) is 0. The molecule has 0 unspecified atom stereocenters. The minimum atomic E-state index is -0.782. The van der Waals surface area contributed by atoms with Crippen molar-refractivity contribution in [1.29, 1.82) is 0 Å². The zero-order valence-electron chi connectivity index (χ0n) is 18.0. The highest BCUT2D eigenvalue weighted by atomic mass is 16.6. The van der Waals surface area contributed by atoms with E-state index in [0.29, 0.717) is 11.3 Å². The molecule has 0 amide bonds. The van der Waals surface area contributed by atoms with Crippen molar-refractivity contribution >= 4 is 23.9 Å². The van der Waals surface area contributed by atoms with E-state index < -0.39 is 36.1 Å². The molecule has 9 heteroatoms. The van der Waals surface area contributed by atoms with Gasteiger partial charge in [0, 0.05) is 46.2 Å². The van der Waals surface area contributed by atoms with Crippen LogP contribution in [0.4, 0.5) is 0 Å². The van der Waals surface area contributed by atoms with E-state index in [1.165, 1.54) is 39.8 Å². The molecule has 0 aromatic heterocycles. The number of carbonyl (C=O) groups excluding carboxylic acids is 4. The van der Waals surface area contributed by atoms with Crippen LogP contribution >= 0.6 is 0 Å². The highest BCUT2D eigenvalue weighted by molar-refractivity contribution is 5.73. The van der Waals surface area contributed by atoms with E-state index in [9.17, 15) is 19.2 Å². The Balaban J connectivity index is 2.03. The lowest BCUT2D eigenvalue weighted by molar-refractivity contribution is -0.149. The summed E-state index contributed by atoms with van der Waals surface area (Å²) in [6.07, 6.45) is -1.09. The summed E-state index contributed by atoms with van der Waals surface area (Å²) in [6, 6.07) is 9.53. The molecule has 0 fully saturated rings. The average Bonchev–Trinajstić information content (AvgIpc) is 2.66. The lowest BCUT2D eigenvalue weighted by Crippen LogP contribution is -2.23. The first-order valence-electron chi connectivity index (χ1n) is 9.79. The van der Waals surface area contributed by atoms with E-state index >= 15 is 0 Å². The molecule has 1 aliphatic heterocycles. The van der Waals surface area contributed by atoms with Crippen molar-refractivity contribution < 1.29 is 42.9 Å². The molecule has 0 N–H and O–H groups in total. The lowest BCUT2D eigenvalue weighted by atomic mass is 9.93. The maximum Gasteiger partial charge on any atom is 0.308 e. The Morgan fingerprint density at radius 1 is 0.781 bits per heavy atom. The minimum Gasteiger partial charge on any atom is -0.485 e. The van der Waals surface area contributed by atoms with Crippen LogP contribution < -0.4 is 18.9 Å². The SMILES string of the molecule is CC(=O)Oc1ccc([C@@H]2C[C@@H](OC(C)=O)c3c(OC(C)=O)cc(OC(C)=O)cc3O2)cc1. The standard InChI is InChI=1S/C23H22O9/c1-12(24)28-17-7-5-16(6-8-17)19-11-22(31-15(4)27)23-20(30-14(3)26)9-18(29-13(2)25)10-21(23)32-19/h5-10,19,22H,11H2,1-4H3/t19-,22+/m0/s1. The largest absolute Gasteiger partial charge is 0.485 e. The second kappa shape index (κ2) is 9.51. The van der Waals surface area contributed by atoms with E-state index in [4.69, 9.17) is 23.7 Å². The molecule has 0 radical (unpaired) electrons. The molecule has 32 heavy (non-hydrogen) atoms. The van der Waals surface area contributed by atoms with E-state index in [2.05, 4.69) is 0 Å². The van der Waals surface area contributed by atoms with E-state index in [-0.39, 0.29) is 23.7 Å². The molecule has 0 bridgehead atoms. The predicted octanol–water partition coefficient (Wildman–Crippen LogP) is 3.59. The topological polar surface area (TPSA) is 114 Å². The first-order valence-corrected chi connectivity index (χ1v) is 9.79. The number of fused-ring (bicyclic) bond motifs is 1. The molecule has 9 nitrogen and oxygen atoms in total. The summed E-state index contributed by atoms with van der Waals surface area (Å²) in [6.45, 7) is 5.04. The van der Waals surface area contributed by atoms with Gasteiger partial charge < -0.3 is 23.7 Å². The van der Waals surface area contributed by atoms with E-state index in [1.807, 2.05) is 0 Å². The molecular weight excluding hydrogens is 420 g/mol. The number of ether oxygens (including phenoxy) is 5. The molecular formula is C23H22O9. The van der Waals surface area contributed by atoms with Gasteiger partial charge in [-0.2, -0.15) is 0 Å². The molecule has 0 saturated heterocycles. The molecule has 2 atom stereocenters. The zero-order chi connectivity index (χ0) is 23.4. The Morgan fingerprint density at radius 2 is 1.38 bits per heavy atom. The number of rotatable bonds is 5. The fourth-order valence-corrected chi connectivity index (χ4v) is 3.40. The van der Waals surface area contributed by atoms with Crippen molar-refractivity contribution in [2.75, 3.05) is 0 Å². The Hall–Kier alpha value is -3.88. The molecule has 1 heterocycles. The van der Waals surface area contributed by atoms with Crippen LogP contribution in [0.25, 0.3) is 0 Å². The molecule has 0 saturated carbocycles. The van der Waals surface area contributed by atoms with Gasteiger partial charge in [0.05, 0.1) is 5.56 Å². The van der Waals surface area contributed by atoms with Crippen molar-refractivity contribution in [2.24, 2.45) is 0 Å². The summed E-state index contributed by atoms with van der Waals surface area (Å²) in [4.78, 5) is 46.0. The summed E-state index contributed by atoms with van der Waals surface area (Å²) in [5.41, 5.74) is 1.09. The van der Waals surface area contributed by atoms with Gasteiger partial charge in [-0.3, -0.25) is 19.2 Å². The average molecular weight is 442 g/mol. The summed E-state index contributed by atoms with van der Waals surface area (Å²) in [5.74, 6) is -1.33. The quantitative estimate of drug-likeness (QED) is 0.506. The zero-order valence-corrected chi connectivity index (χ0v) is 18.0. The van der Waals surface area contributed by atoms with Crippen LogP contribution in [0.3, 0.4) is 0 Å². The summed E-state index contributed by atoms with van der Waals surface area (Å²) < 4.78 is 27.1. The Morgan fingerprint density at radius 3 is 1.94 bits per heavy atom. The van der Waals surface area contributed by atoms with Crippen LogP contribution in [-0.2, 0) is 23.9 Å². The van der Waals surface area contributed by atoms with Crippen molar-refractivity contribution in [3.05, 3.63) is 47.5 Å². The van der Waals surface area contributed by atoms with Gasteiger partial charge in [0.25, 0.3) is 0 Å². The molecule has 0 spiro atoms. The fourth-order valence-electron chi connectivity index (χ4n) is 3.40. The second-order valence-corrected chi connectivity index (χ2v) is 7.12. The Labute approximate surface area is 184 Å². The monoisotopic (exact) mass is 442 g/mol. The predicted molar refractivity (Wildman–Crippen MR) is 109 cm³/mol. The normalized spacial score (nSPS) is 16.8. The maximum atomic E-state index is 11.8. The van der Waals surface area contributed by atoms with Gasteiger partial charge in [-0.25, -0.2) is 0 Å². The summed E-state index contributed by atoms with van der Waals surface area (Å²) >= 11 is 0. The molecule has 2 aromatic carbocycles. The molecule has 0 aliphatic carbocycles. The number of hydrogen-bond donors (Lipinski definition) is 0. The van der Waals surface area contributed by atoms with Gasteiger partial charge in [0.15, 0.2) is 0 Å². The van der Waals surface area contributed by atoms with Crippen LogP contribution in [-0.4, -0.2) is 23.9 Å². The number of hydrogen-bond acceptors (Lipinski definition) is 9. The van der Waals surface area contributed by atoms with E-state index in [1.54, 1.807) is 24.3 Å². The highest BCUT2D eigenvalue weighted by Crippen LogP contribution is 2.49. The first kappa shape index (κ1) is 22.8. The second-order valence-electron chi connectivity index (χ2n) is 7.12. The van der Waals surface area contributed by atoms with Gasteiger partial charge in [-0.1, -0.05) is 12.1 Å². The van der Waals surface area contributed by atoms with Crippen molar-refractivity contribution in [3.63, 3.8) is 0 Å². The van der Waals surface area contributed by atoms with Crippen molar-refractivity contribution in [1.82, 2.24) is 0 Å². The van der Waals surface area contributed by atoms with Crippen LogP contribution in [0.1, 0.15) is 57.5 Å². The third-order valence-corrected chi connectivity index (χ3v) is 4.43. The van der Waals surface area contributed by atoms with Gasteiger partial charge in [-0.05, 0) is 17.7 Å². The van der Waals surface area contributed by atoms with Crippen LogP contribution in [0.15, 0.2) is 36.4 Å². The highest BCUT2D eigenvalue weighted by Gasteiger charge is 2.35. The number of benzene rings is 2. The van der Waals surface area contributed by atoms with Gasteiger partial charge in [-0.15, -0.1) is 0 Å². The third kappa shape index (κ3) is 5.63. The van der Waals surface area contributed by atoms with E-state index in [0.717, 1.165) is 5.56 Å². The maximum absolute atomic E-state index is 11.8. The molecule has 1 aliphatic rings. The van der Waals surface area contributed by atoms with Gasteiger partial charge in [0.1, 0.15) is 35.2 Å². The van der Waals surface area contributed by atoms with Crippen LogP contribution in [0.5, 0.6) is 23.0 Å². The summed E-state index contributed by atoms with van der Waals surface area (Å²) in [7, 11) is 0. The van der Waals surface area contributed by atoms with Crippen LogP contribution in [0, 0.1) is 0 Å². The Kier molecular flexibility index (Phi) is 6.77. The number of carbonyl (C=O) groups is 4. The van der Waals surface area contributed by atoms with Gasteiger partial charge in [0.2, 0.25) is 0 Å². The Bertz CT molecular complexity index is 1060. The molecule has 168 valence electrons. The molecule has 3 rings (SSSR count). The van der Waals surface area contributed by atoms with Crippen molar-refractivity contribution in [3.8, 4) is 23.0 Å². The van der Waals surface area contributed by atoms with Gasteiger partial charge >= 0.3 is 23.9 Å². The van der Waals surface area contributed by atoms with Crippen LogP contribution in [0.2, 0.25) is 0 Å². The lowest BCUT2D eigenvalue weighted by Gasteiger charge is -2.33. The van der Waals surface area contributed by atoms with Crippen molar-refractivity contribution in [2.45, 2.75) is 46.3 Å². The fraction of sp³-hybridized carbons (Fsp3) is 0.304. The minimum absolute atomic E-state index is 0.0705. The first-order chi connectivity index (χ1) is 15.1. The smallest absolute Gasteiger partial charge is 0.308 e. The third-order valence-electron chi connectivity index (χ3n) is 4.43. The molecule has 2 aromatic rings. The number of esters is 4.